The summed E-state index contributed by atoms with van der Waals surface area (Å²) in [5.41, 5.74) is 2.54. The van der Waals surface area contributed by atoms with Crippen LogP contribution in [0.4, 0.5) is 0 Å². The highest BCUT2D eigenvalue weighted by molar-refractivity contribution is 7.18. The van der Waals surface area contributed by atoms with Crippen molar-refractivity contribution < 1.29 is 14.3 Å². The summed E-state index contributed by atoms with van der Waals surface area (Å²) in [6.07, 6.45) is 2.15. The molecule has 2 heterocycles. The maximum atomic E-state index is 12.5. The Morgan fingerprint density at radius 3 is 2.48 bits per heavy atom. The second-order valence-corrected chi connectivity index (χ2v) is 6.36. The summed E-state index contributed by atoms with van der Waals surface area (Å²) in [6, 6.07) is 6.60. The van der Waals surface area contributed by atoms with Crippen LogP contribution >= 0.6 is 11.3 Å². The molecule has 2 aromatic heterocycles. The molecule has 0 atom stereocenters. The van der Waals surface area contributed by atoms with Crippen molar-refractivity contribution in [1.29, 1.82) is 0 Å². The molecule has 0 unspecified atom stereocenters. The number of hydrogen-bond donors (Lipinski definition) is 1. The number of amides is 1. The zero-order valence-electron chi connectivity index (χ0n) is 14.0. The van der Waals surface area contributed by atoms with Crippen LogP contribution in [0, 0.1) is 0 Å². The molecule has 8 heteroatoms. The number of nitrogens with one attached hydrogen (secondary N) is 1. The molecule has 130 valence electrons. The molecule has 0 radical (unpaired) electrons. The van der Waals surface area contributed by atoms with Gasteiger partial charge in [0.2, 0.25) is 0 Å². The molecule has 0 bridgehead atoms. The number of carbonyl (C=O) groups excluding carboxylic acids is 1. The summed E-state index contributed by atoms with van der Waals surface area (Å²) >= 11 is 1.48. The minimum atomic E-state index is -0.466. The lowest BCUT2D eigenvalue weighted by Gasteiger charge is -2.10. The Labute approximate surface area is 147 Å². The third kappa shape index (κ3) is 3.34. The molecule has 0 spiro atoms. The first-order chi connectivity index (χ1) is 12.0. The molecular formula is C17H17N3O4S. The van der Waals surface area contributed by atoms with Crippen molar-refractivity contribution in [1.82, 2.24) is 9.66 Å². The van der Waals surface area contributed by atoms with E-state index in [2.05, 4.69) is 10.4 Å². The fourth-order valence-corrected chi connectivity index (χ4v) is 3.26. The third-order valence-corrected chi connectivity index (χ3v) is 4.87. The molecule has 1 aromatic carbocycles. The topological polar surface area (TPSA) is 82.5 Å². The van der Waals surface area contributed by atoms with E-state index in [1.165, 1.54) is 31.9 Å². The Morgan fingerprint density at radius 2 is 1.88 bits per heavy atom. The quantitative estimate of drug-likeness (QED) is 0.756. The monoisotopic (exact) mass is 359 g/mol. The van der Waals surface area contributed by atoms with Crippen LogP contribution in [-0.2, 0) is 6.42 Å². The number of fused-ring (bicyclic) bond motifs is 1. The number of aryl methyl sites for hydroxylation is 1. The first-order valence-corrected chi connectivity index (χ1v) is 8.42. The van der Waals surface area contributed by atoms with E-state index in [9.17, 15) is 9.59 Å². The highest BCUT2D eigenvalue weighted by atomic mass is 32.1. The minimum Gasteiger partial charge on any atom is -0.497 e. The number of carbonyl (C=O) groups is 1. The van der Waals surface area contributed by atoms with Gasteiger partial charge in [0, 0.05) is 16.5 Å². The highest BCUT2D eigenvalue weighted by Crippen LogP contribution is 2.23. The molecule has 3 aromatic rings. The van der Waals surface area contributed by atoms with Crippen LogP contribution in [0.3, 0.4) is 0 Å². The Kier molecular flexibility index (Phi) is 4.71. The molecule has 1 amide bonds. The van der Waals surface area contributed by atoms with E-state index in [0.717, 1.165) is 16.0 Å². The van der Waals surface area contributed by atoms with E-state index in [1.54, 1.807) is 18.2 Å². The lowest BCUT2D eigenvalue weighted by Crippen LogP contribution is -2.33. The molecule has 0 aliphatic rings. The molecule has 0 aliphatic heterocycles. The smallest absolute Gasteiger partial charge is 0.280 e. The molecule has 0 aliphatic carbocycles. The van der Waals surface area contributed by atoms with Crippen molar-refractivity contribution in [3.05, 3.63) is 51.4 Å². The maximum Gasteiger partial charge on any atom is 0.280 e. The minimum absolute atomic E-state index is 0.308. The molecular weight excluding hydrogens is 342 g/mol. The van der Waals surface area contributed by atoms with Gasteiger partial charge in [-0.15, -0.1) is 11.3 Å². The molecule has 0 saturated carbocycles. The van der Waals surface area contributed by atoms with E-state index in [0.29, 0.717) is 27.3 Å². The van der Waals surface area contributed by atoms with Crippen molar-refractivity contribution in [3.8, 4) is 11.5 Å². The predicted molar refractivity (Wildman–Crippen MR) is 96.5 cm³/mol. The van der Waals surface area contributed by atoms with Gasteiger partial charge in [0.15, 0.2) is 0 Å². The van der Waals surface area contributed by atoms with E-state index < -0.39 is 5.91 Å². The van der Waals surface area contributed by atoms with Crippen molar-refractivity contribution in [2.75, 3.05) is 19.6 Å². The molecule has 1 N–H and O–H groups in total. The van der Waals surface area contributed by atoms with Gasteiger partial charge in [-0.1, -0.05) is 6.92 Å². The lowest BCUT2D eigenvalue weighted by atomic mass is 10.2. The Hall–Kier alpha value is -2.87. The van der Waals surface area contributed by atoms with Gasteiger partial charge in [-0.05, 0) is 24.6 Å². The fourth-order valence-electron chi connectivity index (χ4n) is 2.34. The van der Waals surface area contributed by atoms with E-state index in [-0.39, 0.29) is 5.56 Å². The number of benzene rings is 1. The second kappa shape index (κ2) is 6.94. The van der Waals surface area contributed by atoms with Crippen molar-refractivity contribution in [2.24, 2.45) is 0 Å². The first-order valence-electron chi connectivity index (χ1n) is 7.60. The zero-order chi connectivity index (χ0) is 18.0. The zero-order valence-corrected chi connectivity index (χ0v) is 14.8. The van der Waals surface area contributed by atoms with Crippen molar-refractivity contribution in [2.45, 2.75) is 13.3 Å². The summed E-state index contributed by atoms with van der Waals surface area (Å²) in [5.74, 6) is 0.498. The van der Waals surface area contributed by atoms with Crippen LogP contribution in [0.5, 0.6) is 11.5 Å². The number of rotatable bonds is 5. The average Bonchev–Trinajstić information content (AvgIpc) is 3.07. The van der Waals surface area contributed by atoms with Gasteiger partial charge in [0.05, 0.1) is 19.6 Å². The molecule has 7 nitrogen and oxygen atoms in total. The van der Waals surface area contributed by atoms with Gasteiger partial charge in [0.1, 0.15) is 22.7 Å². The van der Waals surface area contributed by atoms with E-state index >= 15 is 0 Å². The van der Waals surface area contributed by atoms with Gasteiger partial charge in [-0.2, -0.15) is 0 Å². The molecule has 0 fully saturated rings. The predicted octanol–water partition coefficient (Wildman–Crippen LogP) is 2.42. The number of nitrogens with zero attached hydrogens (tertiary/aromatic N) is 2. The number of aromatic nitrogens is 2. The summed E-state index contributed by atoms with van der Waals surface area (Å²) in [7, 11) is 3.00. The number of hydrogen-bond acceptors (Lipinski definition) is 6. The summed E-state index contributed by atoms with van der Waals surface area (Å²) in [5, 5.41) is 0.493. The van der Waals surface area contributed by atoms with Gasteiger partial charge >= 0.3 is 0 Å². The van der Waals surface area contributed by atoms with Crippen LogP contribution in [-0.4, -0.2) is 29.8 Å². The van der Waals surface area contributed by atoms with Crippen molar-refractivity contribution in [3.63, 3.8) is 0 Å². The molecule has 0 saturated heterocycles. The number of methoxy groups -OCH3 is 2. The Morgan fingerprint density at radius 1 is 1.20 bits per heavy atom. The first kappa shape index (κ1) is 17.0. The van der Waals surface area contributed by atoms with Crippen LogP contribution in [0.25, 0.3) is 10.2 Å². The lowest BCUT2D eigenvalue weighted by molar-refractivity contribution is 0.101. The molecule has 25 heavy (non-hydrogen) atoms. The van der Waals surface area contributed by atoms with Gasteiger partial charge in [-0.3, -0.25) is 15.0 Å². The average molecular weight is 359 g/mol. The SMILES string of the molecule is CCc1cc2c(=O)n(NC(=O)c3cc(OC)cc(OC)c3)cnc2s1. The fraction of sp³-hybridized carbons (Fsp3) is 0.235. The maximum absolute atomic E-state index is 12.5. The molecule has 3 rings (SSSR count). The van der Waals surface area contributed by atoms with Gasteiger partial charge in [0.25, 0.3) is 11.5 Å². The number of ether oxygens (including phenoxy) is 2. The third-order valence-electron chi connectivity index (χ3n) is 3.69. The Bertz CT molecular complexity index is 971. The van der Waals surface area contributed by atoms with Gasteiger partial charge < -0.3 is 9.47 Å². The van der Waals surface area contributed by atoms with E-state index in [1.807, 2.05) is 13.0 Å². The van der Waals surface area contributed by atoms with Crippen LogP contribution in [0.1, 0.15) is 22.2 Å². The van der Waals surface area contributed by atoms with Crippen LogP contribution in [0.15, 0.2) is 35.4 Å². The normalized spacial score (nSPS) is 10.7. The van der Waals surface area contributed by atoms with Crippen LogP contribution in [0.2, 0.25) is 0 Å². The standard InChI is InChI=1S/C17H17N3O4S/c1-4-13-8-14-16(25-13)18-9-20(17(14)22)19-15(21)10-5-11(23-2)7-12(6-10)24-3/h5-9H,4H2,1-3H3,(H,19,21). The van der Waals surface area contributed by atoms with Gasteiger partial charge in [-0.25, -0.2) is 9.66 Å². The Balaban J connectivity index is 1.94. The summed E-state index contributed by atoms with van der Waals surface area (Å²) < 4.78 is 11.4. The number of thiophene rings is 1. The van der Waals surface area contributed by atoms with Crippen LogP contribution < -0.4 is 20.5 Å². The van der Waals surface area contributed by atoms with E-state index in [4.69, 9.17) is 9.47 Å². The van der Waals surface area contributed by atoms with Crippen molar-refractivity contribution >= 4 is 27.5 Å². The second-order valence-electron chi connectivity index (χ2n) is 5.25. The largest absolute Gasteiger partial charge is 0.497 e. The summed E-state index contributed by atoms with van der Waals surface area (Å²) in [4.78, 5) is 31.0. The summed E-state index contributed by atoms with van der Waals surface area (Å²) in [6.45, 7) is 2.02. The highest BCUT2D eigenvalue weighted by Gasteiger charge is 2.13.